The molecule has 0 aromatic heterocycles. The van der Waals surface area contributed by atoms with Crippen LogP contribution in [0.1, 0.15) is 31.2 Å². The zero-order chi connectivity index (χ0) is 17.7. The average molecular weight is 342 g/mol. The minimum absolute atomic E-state index is 0.0946. The van der Waals surface area contributed by atoms with Gasteiger partial charge in [-0.3, -0.25) is 9.59 Å². The normalized spacial score (nSPS) is 20.6. The molecule has 1 aromatic carbocycles. The molecule has 2 aliphatic rings. The number of piperidine rings is 1. The maximum absolute atomic E-state index is 12.4. The molecule has 3 rings (SSSR count). The van der Waals surface area contributed by atoms with E-state index in [9.17, 15) is 9.59 Å². The summed E-state index contributed by atoms with van der Waals surface area (Å²) in [5.41, 5.74) is 1.24. The third kappa shape index (κ3) is 4.69. The predicted octanol–water partition coefficient (Wildman–Crippen LogP) is 2.49. The number of hydrogen-bond acceptors (Lipinski definition) is 3. The van der Waals surface area contributed by atoms with Crippen molar-refractivity contribution in [3.63, 3.8) is 0 Å². The van der Waals surface area contributed by atoms with Crippen LogP contribution in [0.2, 0.25) is 0 Å². The summed E-state index contributed by atoms with van der Waals surface area (Å²) in [7, 11) is 0. The number of carbonyl (C=O) groups excluding carboxylic acids is 1. The lowest BCUT2D eigenvalue weighted by Crippen LogP contribution is -2.42. The fourth-order valence-electron chi connectivity index (χ4n) is 3.87. The Bertz CT molecular complexity index is 634. The molecule has 5 nitrogen and oxygen atoms in total. The summed E-state index contributed by atoms with van der Waals surface area (Å²) in [4.78, 5) is 27.3. The number of aliphatic carboxylic acids is 1. The Morgan fingerprint density at radius 2 is 1.92 bits per heavy atom. The fourth-order valence-corrected chi connectivity index (χ4v) is 3.87. The number of carbonyl (C=O) groups is 2. The standard InChI is InChI=1S/C20H26N2O3/c23-18-15-20(9-13-21(14-10-20)12-8-19(24)25)16-22(18)11-4-7-17-5-2-1-3-6-17/h1-7H,8-16H2,(H,24,25). The maximum Gasteiger partial charge on any atom is 0.304 e. The molecule has 0 aliphatic carbocycles. The highest BCUT2D eigenvalue weighted by atomic mass is 16.4. The number of rotatable bonds is 6. The van der Waals surface area contributed by atoms with Gasteiger partial charge >= 0.3 is 5.97 Å². The second kappa shape index (κ2) is 7.83. The topological polar surface area (TPSA) is 60.9 Å². The highest BCUT2D eigenvalue weighted by Crippen LogP contribution is 2.40. The summed E-state index contributed by atoms with van der Waals surface area (Å²) in [5.74, 6) is -0.496. The lowest BCUT2D eigenvalue weighted by Gasteiger charge is -2.38. The van der Waals surface area contributed by atoms with Gasteiger partial charge in [-0.2, -0.15) is 0 Å². The molecular formula is C20H26N2O3. The monoisotopic (exact) mass is 342 g/mol. The van der Waals surface area contributed by atoms with Crippen LogP contribution in [-0.2, 0) is 9.59 Å². The number of nitrogens with zero attached hydrogens (tertiary/aromatic N) is 2. The second-order valence-corrected chi connectivity index (χ2v) is 7.25. The third-order valence-corrected chi connectivity index (χ3v) is 5.40. The minimum atomic E-state index is -0.743. The minimum Gasteiger partial charge on any atom is -0.481 e. The lowest BCUT2D eigenvalue weighted by molar-refractivity contribution is -0.137. The van der Waals surface area contributed by atoms with E-state index >= 15 is 0 Å². The molecule has 0 bridgehead atoms. The molecule has 0 saturated carbocycles. The maximum atomic E-state index is 12.4. The van der Waals surface area contributed by atoms with E-state index in [1.54, 1.807) is 0 Å². The molecule has 0 unspecified atom stereocenters. The molecule has 25 heavy (non-hydrogen) atoms. The molecule has 1 N–H and O–H groups in total. The number of benzene rings is 1. The number of carboxylic acids is 1. The Labute approximate surface area is 148 Å². The van der Waals surface area contributed by atoms with E-state index in [1.165, 1.54) is 0 Å². The van der Waals surface area contributed by atoms with Crippen LogP contribution < -0.4 is 0 Å². The van der Waals surface area contributed by atoms with E-state index in [-0.39, 0.29) is 17.7 Å². The zero-order valence-corrected chi connectivity index (χ0v) is 14.6. The molecule has 2 fully saturated rings. The molecule has 0 radical (unpaired) electrons. The fraction of sp³-hybridized carbons (Fsp3) is 0.500. The highest BCUT2D eigenvalue weighted by Gasteiger charge is 2.44. The Kier molecular flexibility index (Phi) is 5.53. The average Bonchev–Trinajstić information content (AvgIpc) is 2.91. The number of carboxylic acid groups (broad SMARTS) is 1. The quantitative estimate of drug-likeness (QED) is 0.863. The van der Waals surface area contributed by atoms with Gasteiger partial charge in [0, 0.05) is 26.1 Å². The van der Waals surface area contributed by atoms with Crippen LogP contribution in [-0.4, -0.2) is 59.5 Å². The second-order valence-electron chi connectivity index (χ2n) is 7.25. The summed E-state index contributed by atoms with van der Waals surface area (Å²) in [6, 6.07) is 10.1. The highest BCUT2D eigenvalue weighted by molar-refractivity contribution is 5.79. The van der Waals surface area contributed by atoms with Gasteiger partial charge in [0.2, 0.25) is 5.91 Å². The first-order chi connectivity index (χ1) is 12.1. The zero-order valence-electron chi connectivity index (χ0n) is 14.6. The van der Waals surface area contributed by atoms with Gasteiger partial charge < -0.3 is 14.9 Å². The number of hydrogen-bond donors (Lipinski definition) is 1. The predicted molar refractivity (Wildman–Crippen MR) is 97.0 cm³/mol. The summed E-state index contributed by atoms with van der Waals surface area (Å²) in [5, 5.41) is 8.80. The summed E-state index contributed by atoms with van der Waals surface area (Å²) >= 11 is 0. The van der Waals surface area contributed by atoms with Gasteiger partial charge in [0.05, 0.1) is 6.42 Å². The van der Waals surface area contributed by atoms with E-state index in [0.29, 0.717) is 19.5 Å². The van der Waals surface area contributed by atoms with E-state index < -0.39 is 5.97 Å². The summed E-state index contributed by atoms with van der Waals surface area (Å²) in [6.07, 6.45) is 6.93. The molecule has 1 aromatic rings. The lowest BCUT2D eigenvalue weighted by atomic mass is 9.77. The van der Waals surface area contributed by atoms with Crippen molar-refractivity contribution in [3.8, 4) is 0 Å². The third-order valence-electron chi connectivity index (χ3n) is 5.40. The molecule has 5 heteroatoms. The SMILES string of the molecule is O=C(O)CCN1CCC2(CC1)CC(=O)N(CC=Cc1ccccc1)C2. The molecule has 2 aliphatic heterocycles. The first-order valence-corrected chi connectivity index (χ1v) is 9.00. The van der Waals surface area contributed by atoms with Crippen LogP contribution in [0.15, 0.2) is 36.4 Å². The molecule has 134 valence electrons. The molecule has 0 atom stereocenters. The van der Waals surface area contributed by atoms with Gasteiger partial charge in [-0.15, -0.1) is 0 Å². The summed E-state index contributed by atoms with van der Waals surface area (Å²) in [6.45, 7) is 3.90. The van der Waals surface area contributed by atoms with Gasteiger partial charge in [0.1, 0.15) is 0 Å². The smallest absolute Gasteiger partial charge is 0.304 e. The van der Waals surface area contributed by atoms with Gasteiger partial charge in [-0.05, 0) is 36.9 Å². The Morgan fingerprint density at radius 1 is 1.20 bits per heavy atom. The van der Waals surface area contributed by atoms with E-state index in [1.807, 2.05) is 23.1 Å². The van der Waals surface area contributed by atoms with Crippen molar-refractivity contribution in [3.05, 3.63) is 42.0 Å². The first-order valence-electron chi connectivity index (χ1n) is 9.00. The van der Waals surface area contributed by atoms with Crippen LogP contribution in [0, 0.1) is 5.41 Å². The largest absolute Gasteiger partial charge is 0.481 e. The van der Waals surface area contributed by atoms with Crippen molar-refractivity contribution in [2.45, 2.75) is 25.7 Å². The Balaban J connectivity index is 1.49. The van der Waals surface area contributed by atoms with Crippen LogP contribution in [0.5, 0.6) is 0 Å². The molecule has 1 amide bonds. The van der Waals surface area contributed by atoms with Gasteiger partial charge in [0.15, 0.2) is 0 Å². The van der Waals surface area contributed by atoms with Crippen LogP contribution in [0.25, 0.3) is 6.08 Å². The van der Waals surface area contributed by atoms with Crippen molar-refractivity contribution in [1.82, 2.24) is 9.80 Å². The van der Waals surface area contributed by atoms with Gasteiger partial charge in [-0.25, -0.2) is 0 Å². The van der Waals surface area contributed by atoms with E-state index in [0.717, 1.165) is 38.0 Å². The van der Waals surface area contributed by atoms with Crippen LogP contribution in [0.3, 0.4) is 0 Å². The first kappa shape index (κ1) is 17.7. The van der Waals surface area contributed by atoms with Crippen LogP contribution >= 0.6 is 0 Å². The molecule has 2 heterocycles. The number of likely N-dealkylation sites (tertiary alicyclic amines) is 2. The van der Waals surface area contributed by atoms with Gasteiger partial charge in [-0.1, -0.05) is 42.5 Å². The van der Waals surface area contributed by atoms with E-state index in [2.05, 4.69) is 29.2 Å². The Morgan fingerprint density at radius 3 is 2.60 bits per heavy atom. The van der Waals surface area contributed by atoms with Crippen molar-refractivity contribution in [2.24, 2.45) is 5.41 Å². The van der Waals surface area contributed by atoms with Crippen molar-refractivity contribution in [1.29, 1.82) is 0 Å². The van der Waals surface area contributed by atoms with Crippen LogP contribution in [0.4, 0.5) is 0 Å². The van der Waals surface area contributed by atoms with Crippen molar-refractivity contribution < 1.29 is 14.7 Å². The molecule has 2 saturated heterocycles. The Hall–Kier alpha value is -2.14. The van der Waals surface area contributed by atoms with E-state index in [4.69, 9.17) is 5.11 Å². The number of amides is 1. The van der Waals surface area contributed by atoms with Gasteiger partial charge in [0.25, 0.3) is 0 Å². The van der Waals surface area contributed by atoms with Crippen molar-refractivity contribution in [2.75, 3.05) is 32.7 Å². The molecule has 1 spiro atoms. The summed E-state index contributed by atoms with van der Waals surface area (Å²) < 4.78 is 0. The van der Waals surface area contributed by atoms with Crippen molar-refractivity contribution >= 4 is 18.0 Å². The molecular weight excluding hydrogens is 316 g/mol.